The molecule has 2 amide bonds. The maximum atomic E-state index is 13.5. The zero-order valence-electron chi connectivity index (χ0n) is 14.2. The predicted molar refractivity (Wildman–Crippen MR) is 106 cm³/mol. The fourth-order valence-electron chi connectivity index (χ4n) is 2.80. The zero-order chi connectivity index (χ0) is 18.7. The Morgan fingerprint density at radius 2 is 1.88 bits per heavy atom. The van der Waals surface area contributed by atoms with Crippen molar-refractivity contribution in [1.82, 2.24) is 4.90 Å². The number of carbonyl (C=O) groups is 2. The second kappa shape index (κ2) is 8.22. The number of aryl methyl sites for hydroxylation is 1. The minimum absolute atomic E-state index is 0.0948. The van der Waals surface area contributed by atoms with Crippen LogP contribution in [0, 0.1) is 12.7 Å². The molecule has 0 aromatic heterocycles. The number of hydrogen-bond acceptors (Lipinski definition) is 3. The molecule has 1 fully saturated rings. The third-order valence-electron chi connectivity index (χ3n) is 4.21. The van der Waals surface area contributed by atoms with Crippen LogP contribution in [0.5, 0.6) is 0 Å². The molecule has 0 radical (unpaired) electrons. The Balaban J connectivity index is 1.91. The molecule has 2 aromatic rings. The van der Waals surface area contributed by atoms with Crippen molar-refractivity contribution >= 4 is 45.2 Å². The van der Waals surface area contributed by atoms with Crippen LogP contribution in [0.4, 0.5) is 10.1 Å². The molecule has 2 aromatic carbocycles. The van der Waals surface area contributed by atoms with Crippen LogP contribution in [0.1, 0.15) is 26.3 Å². The minimum atomic E-state index is -0.495. The lowest BCUT2D eigenvalue weighted by molar-refractivity contribution is 0.0773. The number of amides is 2. The Labute approximate surface area is 164 Å². The van der Waals surface area contributed by atoms with E-state index >= 15 is 0 Å². The first-order valence-electron chi connectivity index (χ1n) is 8.20. The van der Waals surface area contributed by atoms with Gasteiger partial charge in [-0.05, 0) is 52.7 Å². The Kier molecular flexibility index (Phi) is 5.98. The molecule has 1 N–H and O–H groups in total. The molecular formula is C19H18BrFN2O2S. The van der Waals surface area contributed by atoms with Crippen molar-refractivity contribution < 1.29 is 14.0 Å². The summed E-state index contributed by atoms with van der Waals surface area (Å²) >= 11 is 5.09. The van der Waals surface area contributed by atoms with Crippen molar-refractivity contribution in [2.45, 2.75) is 6.92 Å². The minimum Gasteiger partial charge on any atom is -0.337 e. The van der Waals surface area contributed by atoms with Crippen LogP contribution in [0.3, 0.4) is 0 Å². The first-order valence-corrected chi connectivity index (χ1v) is 10.1. The van der Waals surface area contributed by atoms with Gasteiger partial charge in [-0.3, -0.25) is 9.59 Å². The van der Waals surface area contributed by atoms with Gasteiger partial charge < -0.3 is 10.2 Å². The summed E-state index contributed by atoms with van der Waals surface area (Å²) in [6, 6.07) is 9.28. The van der Waals surface area contributed by atoms with Crippen LogP contribution in [-0.4, -0.2) is 41.3 Å². The first-order chi connectivity index (χ1) is 12.5. The fraction of sp³-hybridized carbons (Fsp3) is 0.263. The summed E-state index contributed by atoms with van der Waals surface area (Å²) in [4.78, 5) is 27.4. The monoisotopic (exact) mass is 436 g/mol. The summed E-state index contributed by atoms with van der Waals surface area (Å²) in [6.45, 7) is 3.22. The van der Waals surface area contributed by atoms with Crippen molar-refractivity contribution in [2.75, 3.05) is 29.9 Å². The Morgan fingerprint density at radius 1 is 1.15 bits per heavy atom. The molecule has 0 bridgehead atoms. The molecule has 1 aliphatic rings. The summed E-state index contributed by atoms with van der Waals surface area (Å²) in [5.41, 5.74) is 1.89. The molecule has 0 atom stereocenters. The number of nitrogens with zero attached hydrogens (tertiary/aromatic N) is 1. The van der Waals surface area contributed by atoms with Gasteiger partial charge >= 0.3 is 0 Å². The highest BCUT2D eigenvalue weighted by atomic mass is 79.9. The number of carbonyl (C=O) groups excluding carboxylic acids is 2. The van der Waals surface area contributed by atoms with Crippen molar-refractivity contribution in [3.05, 3.63) is 63.4 Å². The smallest absolute Gasteiger partial charge is 0.256 e. The van der Waals surface area contributed by atoms with Crippen LogP contribution in [0.2, 0.25) is 0 Å². The topological polar surface area (TPSA) is 49.4 Å². The third-order valence-corrected chi connectivity index (χ3v) is 5.85. The first kappa shape index (κ1) is 18.9. The molecule has 0 unspecified atom stereocenters. The summed E-state index contributed by atoms with van der Waals surface area (Å²) < 4.78 is 14.0. The average molecular weight is 437 g/mol. The maximum Gasteiger partial charge on any atom is 0.256 e. The summed E-state index contributed by atoms with van der Waals surface area (Å²) in [7, 11) is 0. The van der Waals surface area contributed by atoms with Crippen molar-refractivity contribution in [2.24, 2.45) is 0 Å². The summed E-state index contributed by atoms with van der Waals surface area (Å²) in [5, 5.41) is 2.79. The van der Waals surface area contributed by atoms with E-state index in [0.717, 1.165) is 17.1 Å². The lowest BCUT2D eigenvalue weighted by Gasteiger charge is -2.27. The van der Waals surface area contributed by atoms with Gasteiger partial charge in [-0.2, -0.15) is 11.8 Å². The SMILES string of the molecule is Cc1cccc(C(=O)N2CCSCC2)c1NC(=O)c1cc(F)ccc1Br. The average Bonchev–Trinajstić information content (AvgIpc) is 2.65. The van der Waals surface area contributed by atoms with Gasteiger partial charge in [-0.1, -0.05) is 12.1 Å². The molecule has 136 valence electrons. The van der Waals surface area contributed by atoms with E-state index in [-0.39, 0.29) is 11.5 Å². The van der Waals surface area contributed by atoms with E-state index in [1.165, 1.54) is 18.2 Å². The molecule has 1 heterocycles. The Hall–Kier alpha value is -1.86. The van der Waals surface area contributed by atoms with Crippen LogP contribution in [-0.2, 0) is 0 Å². The van der Waals surface area contributed by atoms with E-state index in [1.807, 2.05) is 24.8 Å². The Bertz CT molecular complexity index is 853. The zero-order valence-corrected chi connectivity index (χ0v) is 16.6. The number of hydrogen-bond donors (Lipinski definition) is 1. The number of para-hydroxylation sites is 1. The molecule has 3 rings (SSSR count). The second-order valence-electron chi connectivity index (χ2n) is 5.98. The molecule has 4 nitrogen and oxygen atoms in total. The van der Waals surface area contributed by atoms with Crippen molar-refractivity contribution in [1.29, 1.82) is 0 Å². The molecule has 1 aliphatic heterocycles. The van der Waals surface area contributed by atoms with E-state index in [0.29, 0.717) is 28.8 Å². The fourth-order valence-corrected chi connectivity index (χ4v) is 4.13. The van der Waals surface area contributed by atoms with Crippen molar-refractivity contribution in [3.63, 3.8) is 0 Å². The highest BCUT2D eigenvalue weighted by Gasteiger charge is 2.23. The molecule has 26 heavy (non-hydrogen) atoms. The lowest BCUT2D eigenvalue weighted by atomic mass is 10.1. The molecular weight excluding hydrogens is 419 g/mol. The maximum absolute atomic E-state index is 13.5. The number of nitrogens with one attached hydrogen (secondary N) is 1. The van der Waals surface area contributed by atoms with Crippen LogP contribution in [0.25, 0.3) is 0 Å². The van der Waals surface area contributed by atoms with E-state index < -0.39 is 11.7 Å². The second-order valence-corrected chi connectivity index (χ2v) is 8.06. The highest BCUT2D eigenvalue weighted by molar-refractivity contribution is 9.10. The van der Waals surface area contributed by atoms with Gasteiger partial charge in [0, 0.05) is 29.1 Å². The number of rotatable bonds is 3. The van der Waals surface area contributed by atoms with Gasteiger partial charge in [0.25, 0.3) is 11.8 Å². The highest BCUT2D eigenvalue weighted by Crippen LogP contribution is 2.26. The van der Waals surface area contributed by atoms with E-state index in [4.69, 9.17) is 0 Å². The van der Waals surface area contributed by atoms with Crippen LogP contribution >= 0.6 is 27.7 Å². The number of thioether (sulfide) groups is 1. The van der Waals surface area contributed by atoms with E-state index in [9.17, 15) is 14.0 Å². The van der Waals surface area contributed by atoms with Crippen molar-refractivity contribution in [3.8, 4) is 0 Å². The standard InChI is InChI=1S/C19H18BrFN2O2S/c1-12-3-2-4-14(19(25)23-7-9-26-10-8-23)17(12)22-18(24)15-11-13(21)5-6-16(15)20/h2-6,11H,7-10H2,1H3,(H,22,24). The van der Waals surface area contributed by atoms with Gasteiger partial charge in [0.15, 0.2) is 0 Å². The number of anilines is 1. The molecule has 0 saturated carbocycles. The largest absolute Gasteiger partial charge is 0.337 e. The van der Waals surface area contributed by atoms with Gasteiger partial charge in [0.2, 0.25) is 0 Å². The Morgan fingerprint density at radius 3 is 2.62 bits per heavy atom. The van der Waals surface area contributed by atoms with Gasteiger partial charge in [0.1, 0.15) is 5.82 Å². The van der Waals surface area contributed by atoms with Crippen LogP contribution in [0.15, 0.2) is 40.9 Å². The third kappa shape index (κ3) is 4.10. The molecule has 0 aliphatic carbocycles. The number of benzene rings is 2. The van der Waals surface area contributed by atoms with E-state index in [2.05, 4.69) is 21.2 Å². The van der Waals surface area contributed by atoms with Gasteiger partial charge in [0.05, 0.1) is 16.8 Å². The summed E-state index contributed by atoms with van der Waals surface area (Å²) in [6.07, 6.45) is 0. The normalized spacial score (nSPS) is 14.2. The quantitative estimate of drug-likeness (QED) is 0.778. The predicted octanol–water partition coefficient (Wildman–Crippen LogP) is 4.34. The molecule has 1 saturated heterocycles. The van der Waals surface area contributed by atoms with Crippen LogP contribution < -0.4 is 5.32 Å². The van der Waals surface area contributed by atoms with E-state index in [1.54, 1.807) is 17.0 Å². The lowest BCUT2D eigenvalue weighted by Crippen LogP contribution is -2.38. The van der Waals surface area contributed by atoms with Gasteiger partial charge in [-0.15, -0.1) is 0 Å². The molecule has 0 spiro atoms. The number of halogens is 2. The molecule has 7 heteroatoms. The summed E-state index contributed by atoms with van der Waals surface area (Å²) in [5.74, 6) is 0.770. The van der Waals surface area contributed by atoms with Gasteiger partial charge in [-0.25, -0.2) is 4.39 Å².